The summed E-state index contributed by atoms with van der Waals surface area (Å²) >= 11 is 4.83. The molecule has 2 atom stereocenters. The standard InChI is InChI=1S/C24H25BrFN3O3S/c1-23(2,3)32-22(31)29-12-16-13-33-21(27-20(30)15-7-5-4-6-8-15)28-24(16,14-29)18-11-17(25)9-10-19(18)26/h4-11,16H,12-14H2,1-3H3,(H,27,28,30). The normalized spacial score (nSPS) is 22.4. The monoisotopic (exact) mass is 533 g/mol. The summed E-state index contributed by atoms with van der Waals surface area (Å²) in [5, 5.41) is 3.27. The third-order valence-corrected chi connectivity index (χ3v) is 7.10. The van der Waals surface area contributed by atoms with E-state index in [9.17, 15) is 9.59 Å². The Labute approximate surface area is 205 Å². The predicted molar refractivity (Wildman–Crippen MR) is 131 cm³/mol. The smallest absolute Gasteiger partial charge is 0.410 e. The summed E-state index contributed by atoms with van der Waals surface area (Å²) < 4.78 is 21.4. The Bertz CT molecular complexity index is 1110. The number of thioether (sulfide) groups is 1. The van der Waals surface area contributed by atoms with Crippen molar-refractivity contribution in [3.63, 3.8) is 0 Å². The van der Waals surface area contributed by atoms with E-state index in [-0.39, 0.29) is 18.4 Å². The van der Waals surface area contributed by atoms with Gasteiger partial charge >= 0.3 is 6.09 Å². The van der Waals surface area contributed by atoms with Gasteiger partial charge in [-0.2, -0.15) is 0 Å². The van der Waals surface area contributed by atoms with E-state index in [1.54, 1.807) is 41.3 Å². The van der Waals surface area contributed by atoms with Gasteiger partial charge in [0.1, 0.15) is 17.0 Å². The second-order valence-corrected chi connectivity index (χ2v) is 11.1. The van der Waals surface area contributed by atoms with Crippen LogP contribution in [0.15, 0.2) is 58.0 Å². The summed E-state index contributed by atoms with van der Waals surface area (Å²) in [4.78, 5) is 32.0. The van der Waals surface area contributed by atoms with Crippen molar-refractivity contribution < 1.29 is 18.7 Å². The number of carbonyl (C=O) groups is 2. The average molecular weight is 534 g/mol. The van der Waals surface area contributed by atoms with Crippen molar-refractivity contribution in [2.45, 2.75) is 31.9 Å². The second kappa shape index (κ2) is 9.10. The van der Waals surface area contributed by atoms with Gasteiger partial charge in [0.15, 0.2) is 5.17 Å². The molecule has 1 saturated heterocycles. The van der Waals surface area contributed by atoms with Crippen molar-refractivity contribution >= 4 is 44.9 Å². The molecule has 2 aromatic rings. The molecule has 2 aliphatic rings. The van der Waals surface area contributed by atoms with Crippen molar-refractivity contribution in [3.05, 3.63) is 69.9 Å². The molecule has 1 fully saturated rings. The van der Waals surface area contributed by atoms with Gasteiger partial charge in [-0.25, -0.2) is 14.2 Å². The maximum Gasteiger partial charge on any atom is 0.410 e. The van der Waals surface area contributed by atoms with Crippen LogP contribution in [0.3, 0.4) is 0 Å². The van der Waals surface area contributed by atoms with E-state index in [0.29, 0.717) is 33.1 Å². The number of hydrogen-bond acceptors (Lipinski definition) is 5. The number of rotatable bonds is 2. The van der Waals surface area contributed by atoms with E-state index >= 15 is 4.39 Å². The molecule has 174 valence electrons. The maximum atomic E-state index is 15.1. The molecule has 0 radical (unpaired) electrons. The first-order valence-electron chi connectivity index (χ1n) is 10.6. The number of nitrogens with one attached hydrogen (secondary N) is 1. The lowest BCUT2D eigenvalue weighted by Gasteiger charge is -2.35. The van der Waals surface area contributed by atoms with Gasteiger partial charge in [-0.15, -0.1) is 0 Å². The molecular formula is C24H25BrFN3O3S. The summed E-state index contributed by atoms with van der Waals surface area (Å²) in [5.41, 5.74) is -0.784. The van der Waals surface area contributed by atoms with Crippen LogP contribution in [0, 0.1) is 11.7 Å². The molecule has 2 amide bonds. The minimum absolute atomic E-state index is 0.142. The van der Waals surface area contributed by atoms with Gasteiger partial charge < -0.3 is 15.0 Å². The first kappa shape index (κ1) is 23.8. The van der Waals surface area contributed by atoms with Gasteiger partial charge in [0.05, 0.1) is 6.54 Å². The topological polar surface area (TPSA) is 71.0 Å². The molecule has 2 aliphatic heterocycles. The molecular weight excluding hydrogens is 509 g/mol. The van der Waals surface area contributed by atoms with Gasteiger partial charge in [0.2, 0.25) is 0 Å². The fourth-order valence-electron chi connectivity index (χ4n) is 4.09. The molecule has 2 unspecified atom stereocenters. The molecule has 1 N–H and O–H groups in total. The van der Waals surface area contributed by atoms with Crippen LogP contribution in [-0.4, -0.2) is 46.5 Å². The van der Waals surface area contributed by atoms with Gasteiger partial charge in [-0.05, 0) is 51.1 Å². The first-order chi connectivity index (χ1) is 15.6. The van der Waals surface area contributed by atoms with Crippen molar-refractivity contribution in [2.24, 2.45) is 10.9 Å². The molecule has 9 heteroatoms. The predicted octanol–water partition coefficient (Wildman–Crippen LogP) is 5.18. The van der Waals surface area contributed by atoms with Crippen LogP contribution in [-0.2, 0) is 10.3 Å². The number of fused-ring (bicyclic) bond motifs is 1. The van der Waals surface area contributed by atoms with Crippen LogP contribution in [0.5, 0.6) is 0 Å². The number of nitrogens with zero attached hydrogens (tertiary/aromatic N) is 2. The Morgan fingerprint density at radius 2 is 1.97 bits per heavy atom. The molecule has 2 aromatic carbocycles. The van der Waals surface area contributed by atoms with Gasteiger partial charge in [0.25, 0.3) is 5.91 Å². The Morgan fingerprint density at radius 3 is 2.67 bits per heavy atom. The Kier molecular flexibility index (Phi) is 6.55. The third-order valence-electron chi connectivity index (χ3n) is 5.57. The number of aliphatic imine (C=N–C) groups is 1. The van der Waals surface area contributed by atoms with Crippen molar-refractivity contribution in [2.75, 3.05) is 18.8 Å². The first-order valence-corrected chi connectivity index (χ1v) is 12.4. The van der Waals surface area contributed by atoms with Crippen LogP contribution in [0.25, 0.3) is 0 Å². The average Bonchev–Trinajstić information content (AvgIpc) is 3.15. The highest BCUT2D eigenvalue weighted by Crippen LogP contribution is 2.47. The fourth-order valence-corrected chi connectivity index (χ4v) is 5.59. The number of amidine groups is 1. The van der Waals surface area contributed by atoms with E-state index in [0.717, 1.165) is 0 Å². The minimum Gasteiger partial charge on any atom is -0.444 e. The highest BCUT2D eigenvalue weighted by molar-refractivity contribution is 9.10. The molecule has 0 saturated carbocycles. The molecule has 0 spiro atoms. The van der Waals surface area contributed by atoms with Gasteiger partial charge in [0, 0.05) is 33.8 Å². The zero-order valence-corrected chi connectivity index (χ0v) is 21.0. The van der Waals surface area contributed by atoms with Crippen LogP contribution in [0.4, 0.5) is 9.18 Å². The summed E-state index contributed by atoms with van der Waals surface area (Å²) in [6.07, 6.45) is -0.457. The second-order valence-electron chi connectivity index (χ2n) is 9.15. The van der Waals surface area contributed by atoms with E-state index < -0.39 is 23.1 Å². The lowest BCUT2D eigenvalue weighted by atomic mass is 9.81. The quantitative estimate of drug-likeness (QED) is 0.577. The number of hydrogen-bond donors (Lipinski definition) is 1. The highest BCUT2D eigenvalue weighted by atomic mass is 79.9. The van der Waals surface area contributed by atoms with Crippen LogP contribution < -0.4 is 5.32 Å². The summed E-state index contributed by atoms with van der Waals surface area (Å²) in [7, 11) is 0. The van der Waals surface area contributed by atoms with Crippen LogP contribution >= 0.6 is 27.7 Å². The van der Waals surface area contributed by atoms with Crippen LogP contribution in [0.2, 0.25) is 0 Å². The molecule has 0 bridgehead atoms. The molecule has 0 aromatic heterocycles. The number of carbonyl (C=O) groups excluding carboxylic acids is 2. The van der Waals surface area contributed by atoms with Gasteiger partial charge in [-0.1, -0.05) is 45.9 Å². The van der Waals surface area contributed by atoms with E-state index in [4.69, 9.17) is 9.73 Å². The maximum absolute atomic E-state index is 15.1. The number of amides is 2. The van der Waals surface area contributed by atoms with Crippen molar-refractivity contribution in [1.82, 2.24) is 10.2 Å². The highest BCUT2D eigenvalue weighted by Gasteiger charge is 2.53. The Morgan fingerprint density at radius 1 is 1.24 bits per heavy atom. The molecule has 33 heavy (non-hydrogen) atoms. The van der Waals surface area contributed by atoms with Crippen LogP contribution in [0.1, 0.15) is 36.7 Å². The lowest BCUT2D eigenvalue weighted by molar-refractivity contribution is 0.0281. The van der Waals surface area contributed by atoms with E-state index in [2.05, 4.69) is 21.2 Å². The zero-order valence-electron chi connectivity index (χ0n) is 18.6. The summed E-state index contributed by atoms with van der Waals surface area (Å²) in [5.74, 6) is -0.263. The third kappa shape index (κ3) is 5.09. The fraction of sp³-hybridized carbons (Fsp3) is 0.375. The largest absolute Gasteiger partial charge is 0.444 e. The number of benzene rings is 2. The van der Waals surface area contributed by atoms with Crippen molar-refractivity contribution in [1.29, 1.82) is 0 Å². The number of halogens is 2. The molecule has 6 nitrogen and oxygen atoms in total. The SMILES string of the molecule is CC(C)(C)OC(=O)N1CC2CSC(NC(=O)c3ccccc3)=NC2(c2cc(Br)ccc2F)C1. The summed E-state index contributed by atoms with van der Waals surface area (Å²) in [6, 6.07) is 13.6. The zero-order chi connectivity index (χ0) is 23.8. The lowest BCUT2D eigenvalue weighted by Crippen LogP contribution is -2.43. The number of likely N-dealkylation sites (tertiary alicyclic amines) is 1. The summed E-state index contributed by atoms with van der Waals surface area (Å²) in [6.45, 7) is 5.97. The van der Waals surface area contributed by atoms with E-state index in [1.165, 1.54) is 17.8 Å². The molecule has 0 aliphatic carbocycles. The van der Waals surface area contributed by atoms with Crippen molar-refractivity contribution in [3.8, 4) is 0 Å². The number of ether oxygens (including phenoxy) is 1. The molecule has 4 rings (SSSR count). The Hall–Kier alpha value is -2.39. The minimum atomic E-state index is -1.03. The molecule has 2 heterocycles. The van der Waals surface area contributed by atoms with Gasteiger partial charge in [-0.3, -0.25) is 4.79 Å². The van der Waals surface area contributed by atoms with E-state index in [1.807, 2.05) is 26.8 Å². The Balaban J connectivity index is 1.71.